The topological polar surface area (TPSA) is 48.3 Å². The summed E-state index contributed by atoms with van der Waals surface area (Å²) in [6, 6.07) is 1.98. The van der Waals surface area contributed by atoms with Crippen molar-refractivity contribution in [2.45, 2.75) is 52.2 Å². The minimum atomic E-state index is -1.23. The maximum Gasteiger partial charge on any atom is 0.144 e. The van der Waals surface area contributed by atoms with Gasteiger partial charge in [-0.3, -0.25) is 4.98 Å². The summed E-state index contributed by atoms with van der Waals surface area (Å²) in [4.78, 5) is 4.33. The highest BCUT2D eigenvalue weighted by molar-refractivity contribution is 7.91. The summed E-state index contributed by atoms with van der Waals surface area (Å²) in [6.45, 7) is 12.1. The molecule has 100 valence electrons. The summed E-state index contributed by atoms with van der Waals surface area (Å²) in [5, 5.41) is 0. The van der Waals surface area contributed by atoms with E-state index in [9.17, 15) is 4.55 Å². The lowest BCUT2D eigenvalue weighted by molar-refractivity contribution is 0.562. The smallest absolute Gasteiger partial charge is 0.144 e. The molecule has 3 nitrogen and oxygen atoms in total. The Hall–Kier alpha value is -0.870. The van der Waals surface area contributed by atoms with Crippen molar-refractivity contribution in [2.24, 2.45) is 4.40 Å². The van der Waals surface area contributed by atoms with E-state index >= 15 is 0 Å². The Labute approximate surface area is 113 Å². The summed E-state index contributed by atoms with van der Waals surface area (Å²) < 4.78 is 15.5. The molecule has 1 aromatic heterocycles. The van der Waals surface area contributed by atoms with E-state index in [2.05, 4.69) is 30.2 Å². The van der Waals surface area contributed by atoms with Crippen molar-refractivity contribution in [3.63, 3.8) is 0 Å². The first-order chi connectivity index (χ1) is 8.21. The molecule has 0 aromatic carbocycles. The van der Waals surface area contributed by atoms with E-state index in [-0.39, 0.29) is 4.75 Å². The second-order valence-corrected chi connectivity index (χ2v) is 7.65. The number of nitrogens with zero attached hydrogens (tertiary/aromatic N) is 2. The summed E-state index contributed by atoms with van der Waals surface area (Å²) in [5.74, 6) is 0.465. The van der Waals surface area contributed by atoms with E-state index in [4.69, 9.17) is 0 Å². The van der Waals surface area contributed by atoms with Gasteiger partial charge in [0, 0.05) is 6.20 Å². The minimum absolute atomic E-state index is 0.330. The van der Waals surface area contributed by atoms with Crippen molar-refractivity contribution >= 4 is 17.6 Å². The lowest BCUT2D eigenvalue weighted by Gasteiger charge is -2.17. The van der Waals surface area contributed by atoms with Gasteiger partial charge in [0.05, 0.1) is 5.69 Å². The summed E-state index contributed by atoms with van der Waals surface area (Å²) in [5.41, 5.74) is 3.20. The van der Waals surface area contributed by atoms with E-state index in [1.807, 2.05) is 33.0 Å². The molecule has 1 rings (SSSR count). The Morgan fingerprint density at radius 1 is 1.39 bits per heavy atom. The van der Waals surface area contributed by atoms with Crippen LogP contribution in [0.1, 0.15) is 57.4 Å². The normalized spacial score (nSPS) is 14.4. The van der Waals surface area contributed by atoms with E-state index in [0.717, 1.165) is 5.69 Å². The monoisotopic (exact) mass is 266 g/mol. The van der Waals surface area contributed by atoms with Gasteiger partial charge < -0.3 is 4.55 Å². The first-order valence-corrected chi connectivity index (χ1v) is 7.25. The molecular weight excluding hydrogens is 244 g/mol. The minimum Gasteiger partial charge on any atom is -0.591 e. The molecule has 18 heavy (non-hydrogen) atoms. The molecule has 0 aliphatic heterocycles. The van der Waals surface area contributed by atoms with Crippen LogP contribution in [0.25, 0.3) is 0 Å². The van der Waals surface area contributed by atoms with Gasteiger partial charge in [-0.25, -0.2) is 0 Å². The van der Waals surface area contributed by atoms with Crippen LogP contribution in [0.3, 0.4) is 0 Å². The standard InChI is InChI=1S/C14H22N2OS/c1-10(2)13-9-15-12(7-11(13)3)8-16-18(17)14(4,5)6/h7-10H,1-6H3. The van der Waals surface area contributed by atoms with Crippen molar-refractivity contribution in [1.82, 2.24) is 4.98 Å². The quantitative estimate of drug-likeness (QED) is 0.622. The summed E-state index contributed by atoms with van der Waals surface area (Å²) in [6.07, 6.45) is 3.47. The highest BCUT2D eigenvalue weighted by Gasteiger charge is 2.25. The van der Waals surface area contributed by atoms with Crippen LogP contribution in [0, 0.1) is 6.92 Å². The van der Waals surface area contributed by atoms with Crippen LogP contribution in [0.4, 0.5) is 0 Å². The SMILES string of the molecule is Cc1cc(C=N[S+]([O-])C(C)(C)C)ncc1C(C)C. The molecule has 0 N–H and O–H groups in total. The van der Waals surface area contributed by atoms with Gasteiger partial charge in [-0.1, -0.05) is 18.2 Å². The number of hydrogen-bond donors (Lipinski definition) is 0. The van der Waals surface area contributed by atoms with Crippen molar-refractivity contribution < 1.29 is 4.55 Å². The van der Waals surface area contributed by atoms with Gasteiger partial charge >= 0.3 is 0 Å². The first kappa shape index (κ1) is 15.2. The average Bonchev–Trinajstić information content (AvgIpc) is 2.24. The largest absolute Gasteiger partial charge is 0.591 e. The second kappa shape index (κ2) is 5.85. The predicted octanol–water partition coefficient (Wildman–Crippen LogP) is 3.39. The van der Waals surface area contributed by atoms with Crippen molar-refractivity contribution in [3.05, 3.63) is 29.1 Å². The fourth-order valence-corrected chi connectivity index (χ4v) is 2.04. The fraction of sp³-hybridized carbons (Fsp3) is 0.571. The van der Waals surface area contributed by atoms with Gasteiger partial charge in [-0.15, -0.1) is 0 Å². The third-order valence-corrected chi connectivity index (χ3v) is 3.94. The molecular formula is C14H22N2OS. The van der Waals surface area contributed by atoms with E-state index in [1.165, 1.54) is 11.1 Å². The number of aromatic nitrogens is 1. The van der Waals surface area contributed by atoms with E-state index < -0.39 is 11.4 Å². The van der Waals surface area contributed by atoms with E-state index in [1.54, 1.807) is 6.21 Å². The fourth-order valence-electron chi connectivity index (χ4n) is 1.52. The molecule has 0 saturated heterocycles. The zero-order chi connectivity index (χ0) is 13.9. The van der Waals surface area contributed by atoms with Crippen LogP contribution in [0.15, 0.2) is 16.7 Å². The molecule has 1 heterocycles. The van der Waals surface area contributed by atoms with Crippen LogP contribution in [0.5, 0.6) is 0 Å². The lowest BCUT2D eigenvalue weighted by atomic mass is 10.0. The number of hydrogen-bond acceptors (Lipinski definition) is 3. The third kappa shape index (κ3) is 4.10. The molecule has 1 atom stereocenters. The molecule has 0 spiro atoms. The molecule has 1 aromatic rings. The molecule has 0 aliphatic rings. The van der Waals surface area contributed by atoms with Crippen LogP contribution in [-0.4, -0.2) is 20.5 Å². The molecule has 0 radical (unpaired) electrons. The first-order valence-electron chi connectivity index (χ1n) is 6.14. The van der Waals surface area contributed by atoms with Gasteiger partial charge in [0.1, 0.15) is 22.3 Å². The maximum absolute atomic E-state index is 11.8. The van der Waals surface area contributed by atoms with Crippen molar-refractivity contribution in [1.29, 1.82) is 0 Å². The molecule has 1 unspecified atom stereocenters. The van der Waals surface area contributed by atoms with E-state index in [0.29, 0.717) is 5.92 Å². The Kier molecular flexibility index (Phi) is 4.93. The van der Waals surface area contributed by atoms with Crippen LogP contribution in [-0.2, 0) is 11.4 Å². The van der Waals surface area contributed by atoms with Crippen LogP contribution >= 0.6 is 0 Å². The molecule has 0 amide bonds. The van der Waals surface area contributed by atoms with Crippen LogP contribution in [0.2, 0.25) is 0 Å². The number of rotatable bonds is 3. The van der Waals surface area contributed by atoms with Gasteiger partial charge in [-0.2, -0.15) is 0 Å². The van der Waals surface area contributed by atoms with Gasteiger partial charge in [0.2, 0.25) is 0 Å². The highest BCUT2D eigenvalue weighted by Crippen LogP contribution is 2.19. The third-order valence-electron chi connectivity index (χ3n) is 2.60. The Morgan fingerprint density at radius 3 is 2.44 bits per heavy atom. The number of aryl methyl sites for hydroxylation is 1. The molecule has 4 heteroatoms. The Morgan fingerprint density at radius 2 is 2.00 bits per heavy atom. The van der Waals surface area contributed by atoms with Gasteiger partial charge in [0.25, 0.3) is 0 Å². The van der Waals surface area contributed by atoms with Crippen molar-refractivity contribution in [2.75, 3.05) is 0 Å². The molecule has 0 aliphatic carbocycles. The van der Waals surface area contributed by atoms with Crippen LogP contribution < -0.4 is 0 Å². The van der Waals surface area contributed by atoms with Gasteiger partial charge in [-0.05, 0) is 50.8 Å². The average molecular weight is 266 g/mol. The molecule has 0 fully saturated rings. The molecule has 0 bridgehead atoms. The predicted molar refractivity (Wildman–Crippen MR) is 78.6 cm³/mol. The summed E-state index contributed by atoms with van der Waals surface area (Å²) >= 11 is -1.23. The van der Waals surface area contributed by atoms with Gasteiger partial charge in [0.15, 0.2) is 0 Å². The second-order valence-electron chi connectivity index (χ2n) is 5.72. The highest BCUT2D eigenvalue weighted by atomic mass is 32.2. The molecule has 0 saturated carbocycles. The summed E-state index contributed by atoms with van der Waals surface area (Å²) in [7, 11) is 0. The Balaban J connectivity index is 2.87. The maximum atomic E-state index is 11.8. The number of pyridine rings is 1. The zero-order valence-corrected chi connectivity index (χ0v) is 12.8. The zero-order valence-electron chi connectivity index (χ0n) is 12.0. The lowest BCUT2D eigenvalue weighted by Crippen LogP contribution is -2.25. The van der Waals surface area contributed by atoms with Crippen molar-refractivity contribution in [3.8, 4) is 0 Å². The Bertz CT molecular complexity index is 436.